The van der Waals surface area contributed by atoms with Crippen LogP contribution in [0.3, 0.4) is 0 Å². The standard InChI is InChI=1S/C10H10N2.C7H10O.C3H2N2/c1-8-3-2-4-9(5-8)10(6-11)7-12;1-6-3-2-4-7(8)5-6;4-2-1-3-5/h5H,2-4H2,1H3;5H,2-4H2,1H3;1H2. The monoisotopic (exact) mass is 334 g/mol. The van der Waals surface area contributed by atoms with E-state index in [1.807, 2.05) is 32.1 Å². The van der Waals surface area contributed by atoms with E-state index in [0.717, 1.165) is 44.1 Å². The topological polar surface area (TPSA) is 112 Å². The number of hydrogen-bond donors (Lipinski definition) is 0. The maximum absolute atomic E-state index is 10.6. The van der Waals surface area contributed by atoms with Crippen LogP contribution in [0.4, 0.5) is 0 Å². The lowest BCUT2D eigenvalue weighted by Crippen LogP contribution is -1.99. The van der Waals surface area contributed by atoms with Crippen molar-refractivity contribution in [1.82, 2.24) is 0 Å². The highest BCUT2D eigenvalue weighted by atomic mass is 16.1. The molecular weight excluding hydrogens is 312 g/mol. The second kappa shape index (κ2) is 13.3. The minimum atomic E-state index is 0. The summed E-state index contributed by atoms with van der Waals surface area (Å²) < 4.78 is 0. The van der Waals surface area contributed by atoms with E-state index < -0.39 is 0 Å². The largest absolute Gasteiger partial charge is 0.295 e. The number of carbonyl (C=O) groups excluding carboxylic acids is 1. The number of hydrogen-bond acceptors (Lipinski definition) is 5. The molecule has 0 aromatic rings. The molecule has 0 fully saturated rings. The Kier molecular flexibility index (Phi) is 11.6. The lowest BCUT2D eigenvalue weighted by Gasteiger charge is -2.10. The summed E-state index contributed by atoms with van der Waals surface area (Å²) in [7, 11) is 0. The second-order valence-corrected chi connectivity index (χ2v) is 5.77. The molecule has 0 aromatic heterocycles. The van der Waals surface area contributed by atoms with Crippen LogP contribution in [0.15, 0.2) is 34.4 Å². The van der Waals surface area contributed by atoms with Gasteiger partial charge in [-0.2, -0.15) is 21.0 Å². The fraction of sp³-hybridized carbons (Fsp3) is 0.450. The molecule has 25 heavy (non-hydrogen) atoms. The summed E-state index contributed by atoms with van der Waals surface area (Å²) in [6, 6.07) is 7.14. The number of allylic oxidation sites excluding steroid dienone is 6. The summed E-state index contributed by atoms with van der Waals surface area (Å²) in [4.78, 5) is 10.6. The van der Waals surface area contributed by atoms with Gasteiger partial charge in [0.2, 0.25) is 0 Å². The predicted molar refractivity (Wildman–Crippen MR) is 94.3 cm³/mol. The van der Waals surface area contributed by atoms with Crippen LogP contribution in [0.25, 0.3) is 0 Å². The van der Waals surface area contributed by atoms with Crippen molar-refractivity contribution in [1.29, 1.82) is 21.0 Å². The van der Waals surface area contributed by atoms with E-state index in [0.29, 0.717) is 5.78 Å². The zero-order valence-electron chi connectivity index (χ0n) is 14.8. The van der Waals surface area contributed by atoms with Crippen LogP contribution in [-0.4, -0.2) is 5.78 Å². The summed E-state index contributed by atoms with van der Waals surface area (Å²) in [5.41, 5.74) is 3.68. The maximum atomic E-state index is 10.6. The predicted octanol–water partition coefficient (Wildman–Crippen LogP) is 4.57. The molecule has 128 valence electrons. The van der Waals surface area contributed by atoms with Crippen LogP contribution >= 0.6 is 0 Å². The quantitative estimate of drug-likeness (QED) is 0.602. The molecule has 0 atom stereocenters. The van der Waals surface area contributed by atoms with Gasteiger partial charge in [-0.25, -0.2) is 0 Å². The van der Waals surface area contributed by atoms with Gasteiger partial charge in [0.25, 0.3) is 0 Å². The van der Waals surface area contributed by atoms with Crippen LogP contribution in [0, 0.1) is 45.3 Å². The molecule has 0 N–H and O–H groups in total. The van der Waals surface area contributed by atoms with Crippen molar-refractivity contribution in [3.63, 3.8) is 0 Å². The third kappa shape index (κ3) is 10.3. The smallest absolute Gasteiger partial charge is 0.155 e. The summed E-state index contributed by atoms with van der Waals surface area (Å²) in [6.07, 6.45) is 9.67. The van der Waals surface area contributed by atoms with Crippen LogP contribution < -0.4 is 0 Å². The molecule has 5 nitrogen and oxygen atoms in total. The van der Waals surface area contributed by atoms with E-state index in [1.54, 1.807) is 18.2 Å². The molecule has 2 rings (SSSR count). The van der Waals surface area contributed by atoms with Gasteiger partial charge >= 0.3 is 0 Å². The van der Waals surface area contributed by atoms with Gasteiger partial charge in [0.15, 0.2) is 5.78 Å². The van der Waals surface area contributed by atoms with E-state index in [-0.39, 0.29) is 12.0 Å². The minimum absolute atomic E-state index is 0. The molecule has 0 heterocycles. The van der Waals surface area contributed by atoms with Crippen molar-refractivity contribution >= 4 is 5.78 Å². The normalized spacial score (nSPS) is 15.1. The molecule has 2 aliphatic rings. The first-order chi connectivity index (χ1) is 12.0. The van der Waals surface area contributed by atoms with Crippen molar-refractivity contribution < 1.29 is 4.79 Å². The summed E-state index contributed by atoms with van der Waals surface area (Å²) in [5, 5.41) is 32.4. The van der Waals surface area contributed by atoms with Gasteiger partial charge in [0.05, 0.1) is 12.1 Å². The van der Waals surface area contributed by atoms with Gasteiger partial charge in [-0.15, -0.1) is 0 Å². The molecule has 2 aliphatic carbocycles. The van der Waals surface area contributed by atoms with Gasteiger partial charge in [-0.1, -0.05) is 17.2 Å². The van der Waals surface area contributed by atoms with Crippen molar-refractivity contribution in [3.05, 3.63) is 34.4 Å². The molecule has 0 aliphatic heterocycles. The van der Waals surface area contributed by atoms with Crippen molar-refractivity contribution in [2.45, 2.75) is 58.8 Å². The van der Waals surface area contributed by atoms with Gasteiger partial charge in [-0.3, -0.25) is 4.79 Å². The van der Waals surface area contributed by atoms with Crippen molar-refractivity contribution in [3.8, 4) is 24.3 Å². The first-order valence-electron chi connectivity index (χ1n) is 8.12. The lowest BCUT2D eigenvalue weighted by molar-refractivity contribution is -0.115. The number of ketones is 1. The first kappa shape index (κ1) is 21.9. The summed E-state index contributed by atoms with van der Waals surface area (Å²) >= 11 is 0. The zero-order valence-corrected chi connectivity index (χ0v) is 14.8. The number of nitriles is 4. The van der Waals surface area contributed by atoms with Gasteiger partial charge in [-0.05, 0) is 57.6 Å². The van der Waals surface area contributed by atoms with Crippen LogP contribution in [0.5, 0.6) is 0 Å². The number of nitrogens with zero attached hydrogens (tertiary/aromatic N) is 4. The molecule has 0 radical (unpaired) electrons. The summed E-state index contributed by atoms with van der Waals surface area (Å²) in [6.45, 7) is 4.04. The Morgan fingerprint density at radius 3 is 1.72 bits per heavy atom. The highest BCUT2D eigenvalue weighted by Crippen LogP contribution is 2.23. The zero-order chi connectivity index (χ0) is 19.1. The van der Waals surface area contributed by atoms with E-state index in [4.69, 9.17) is 21.0 Å². The summed E-state index contributed by atoms with van der Waals surface area (Å²) in [5.74, 6) is 0.300. The van der Waals surface area contributed by atoms with E-state index in [2.05, 4.69) is 0 Å². The Hall–Kier alpha value is -3.15. The van der Waals surface area contributed by atoms with Gasteiger partial charge in [0.1, 0.15) is 24.1 Å². The van der Waals surface area contributed by atoms with Crippen LogP contribution in [-0.2, 0) is 4.79 Å². The van der Waals surface area contributed by atoms with Gasteiger partial charge in [0, 0.05) is 6.42 Å². The Morgan fingerprint density at radius 1 is 0.880 bits per heavy atom. The van der Waals surface area contributed by atoms with E-state index >= 15 is 0 Å². The highest BCUT2D eigenvalue weighted by molar-refractivity contribution is 5.90. The van der Waals surface area contributed by atoms with E-state index in [1.165, 1.54) is 11.1 Å². The Balaban J connectivity index is 0.000000382. The maximum Gasteiger partial charge on any atom is 0.155 e. The molecule has 0 aromatic carbocycles. The molecule has 5 heteroatoms. The third-order valence-electron chi connectivity index (χ3n) is 3.54. The molecule has 0 bridgehead atoms. The van der Waals surface area contributed by atoms with E-state index in [9.17, 15) is 4.79 Å². The molecular formula is C20H22N4O. The highest BCUT2D eigenvalue weighted by Gasteiger charge is 2.08. The molecule has 0 amide bonds. The fourth-order valence-electron chi connectivity index (χ4n) is 2.36. The molecule has 0 saturated heterocycles. The third-order valence-corrected chi connectivity index (χ3v) is 3.54. The van der Waals surface area contributed by atoms with Crippen LogP contribution in [0.1, 0.15) is 58.8 Å². The number of rotatable bonds is 0. The number of carbonyl (C=O) groups is 1. The van der Waals surface area contributed by atoms with Crippen molar-refractivity contribution in [2.75, 3.05) is 0 Å². The Labute approximate surface area is 149 Å². The Bertz CT molecular complexity index is 700. The Morgan fingerprint density at radius 2 is 1.40 bits per heavy atom. The average Bonchev–Trinajstić information content (AvgIpc) is 2.58. The SMILES string of the molecule is CC1=CC(=C(C#N)C#N)CCC1.CC1=CC(=O)CCC1.N#CCC#N. The van der Waals surface area contributed by atoms with Gasteiger partial charge < -0.3 is 0 Å². The van der Waals surface area contributed by atoms with Crippen molar-refractivity contribution in [2.24, 2.45) is 0 Å². The second-order valence-electron chi connectivity index (χ2n) is 5.77. The molecule has 0 saturated carbocycles. The molecule has 0 spiro atoms. The minimum Gasteiger partial charge on any atom is -0.295 e. The lowest BCUT2D eigenvalue weighted by atomic mass is 9.93. The average molecular weight is 334 g/mol. The first-order valence-corrected chi connectivity index (χ1v) is 8.12. The fourth-order valence-corrected chi connectivity index (χ4v) is 2.36. The molecule has 0 unspecified atom stereocenters. The van der Waals surface area contributed by atoms with Crippen LogP contribution in [0.2, 0.25) is 0 Å².